The molecule has 3 amide bonds. The Balaban J connectivity index is 2.23. The Morgan fingerprint density at radius 1 is 1.46 bits per heavy atom. The Morgan fingerprint density at radius 3 is 2.46 bits per heavy atom. The van der Waals surface area contributed by atoms with Crippen LogP contribution >= 0.6 is 0 Å². The number of hydrogen-bond acceptors (Lipinski definition) is 3. The smallest absolute Gasteiger partial charge is 0.322 e. The zero-order chi connectivity index (χ0) is 9.47. The number of carbonyl (C=O) groups excluding carboxylic acids is 2. The molecule has 0 aromatic rings. The van der Waals surface area contributed by atoms with Crippen LogP contribution in [0, 0.1) is 5.92 Å². The first-order chi connectivity index (χ1) is 6.19. The Labute approximate surface area is 76.0 Å². The van der Waals surface area contributed by atoms with Crippen LogP contribution in [0.2, 0.25) is 0 Å². The second kappa shape index (κ2) is 2.70. The van der Waals surface area contributed by atoms with Crippen LogP contribution in [0.15, 0.2) is 0 Å². The van der Waals surface area contributed by atoms with E-state index in [9.17, 15) is 9.59 Å². The normalized spacial score (nSPS) is 33.9. The fourth-order valence-corrected chi connectivity index (χ4v) is 2.00. The third-order valence-electron chi connectivity index (χ3n) is 3.09. The number of hydrogen-bond donors (Lipinski definition) is 3. The molecule has 72 valence electrons. The van der Waals surface area contributed by atoms with Crippen molar-refractivity contribution in [3.8, 4) is 0 Å². The van der Waals surface area contributed by atoms with Gasteiger partial charge in [0, 0.05) is 6.54 Å². The average molecular weight is 183 g/mol. The second-order valence-corrected chi connectivity index (χ2v) is 3.71. The molecule has 13 heavy (non-hydrogen) atoms. The number of nitrogens with two attached hydrogens (primary N) is 1. The van der Waals surface area contributed by atoms with Gasteiger partial charge in [-0.3, -0.25) is 10.1 Å². The molecule has 1 unspecified atom stereocenters. The van der Waals surface area contributed by atoms with E-state index in [1.165, 1.54) is 0 Å². The molecule has 1 saturated carbocycles. The van der Waals surface area contributed by atoms with E-state index in [1.54, 1.807) is 0 Å². The first-order valence-electron chi connectivity index (χ1n) is 4.53. The Bertz CT molecular complexity index is 262. The Hall–Kier alpha value is -1.10. The highest BCUT2D eigenvalue weighted by Crippen LogP contribution is 2.37. The first kappa shape index (κ1) is 8.50. The van der Waals surface area contributed by atoms with E-state index in [1.807, 2.05) is 0 Å². The fraction of sp³-hybridized carbons (Fsp3) is 0.750. The van der Waals surface area contributed by atoms with Gasteiger partial charge in [0.2, 0.25) is 0 Å². The lowest BCUT2D eigenvalue weighted by Gasteiger charge is -2.39. The van der Waals surface area contributed by atoms with E-state index in [0.29, 0.717) is 0 Å². The van der Waals surface area contributed by atoms with Crippen LogP contribution in [0.3, 0.4) is 0 Å². The SMILES string of the molecule is NCC1(C2CCC2)NC(=O)NC1=O. The van der Waals surface area contributed by atoms with Crippen LogP contribution in [0.4, 0.5) is 4.79 Å². The van der Waals surface area contributed by atoms with Gasteiger partial charge >= 0.3 is 6.03 Å². The number of imide groups is 1. The first-order valence-corrected chi connectivity index (χ1v) is 4.53. The molecule has 4 N–H and O–H groups in total. The number of nitrogens with one attached hydrogen (secondary N) is 2. The molecule has 1 atom stereocenters. The highest BCUT2D eigenvalue weighted by Gasteiger charge is 2.52. The van der Waals surface area contributed by atoms with Gasteiger partial charge in [0.15, 0.2) is 0 Å². The van der Waals surface area contributed by atoms with Crippen molar-refractivity contribution in [3.63, 3.8) is 0 Å². The van der Waals surface area contributed by atoms with Crippen LogP contribution in [0.5, 0.6) is 0 Å². The summed E-state index contributed by atoms with van der Waals surface area (Å²) in [6.07, 6.45) is 3.07. The zero-order valence-electron chi connectivity index (χ0n) is 7.30. The lowest BCUT2D eigenvalue weighted by Crippen LogP contribution is -2.60. The highest BCUT2D eigenvalue weighted by molar-refractivity contribution is 6.07. The van der Waals surface area contributed by atoms with Crippen LogP contribution in [0.25, 0.3) is 0 Å². The van der Waals surface area contributed by atoms with Gasteiger partial charge in [0.25, 0.3) is 5.91 Å². The van der Waals surface area contributed by atoms with Crippen molar-refractivity contribution < 1.29 is 9.59 Å². The van der Waals surface area contributed by atoms with Crippen molar-refractivity contribution in [2.24, 2.45) is 11.7 Å². The summed E-state index contributed by atoms with van der Waals surface area (Å²) in [7, 11) is 0. The molecule has 2 aliphatic rings. The molecule has 0 aromatic carbocycles. The van der Waals surface area contributed by atoms with Gasteiger partial charge < -0.3 is 11.1 Å². The monoisotopic (exact) mass is 183 g/mol. The maximum Gasteiger partial charge on any atom is 0.322 e. The third-order valence-corrected chi connectivity index (χ3v) is 3.09. The molecular weight excluding hydrogens is 170 g/mol. The minimum Gasteiger partial charge on any atom is -0.328 e. The summed E-state index contributed by atoms with van der Waals surface area (Å²) in [6, 6.07) is -0.414. The van der Waals surface area contributed by atoms with Gasteiger partial charge in [-0.15, -0.1) is 0 Å². The van der Waals surface area contributed by atoms with E-state index in [4.69, 9.17) is 5.73 Å². The summed E-state index contributed by atoms with van der Waals surface area (Å²) in [4.78, 5) is 22.5. The predicted octanol–water partition coefficient (Wildman–Crippen LogP) is -0.677. The standard InChI is InChI=1S/C8H13N3O2/c9-4-8(5-2-1-3-5)6(12)10-7(13)11-8/h5H,1-4,9H2,(H2,10,11,12,13). The Kier molecular flexibility index (Phi) is 1.76. The van der Waals surface area contributed by atoms with Crippen LogP contribution < -0.4 is 16.4 Å². The molecule has 1 heterocycles. The highest BCUT2D eigenvalue weighted by atomic mass is 16.2. The molecule has 0 bridgehead atoms. The summed E-state index contributed by atoms with van der Waals surface area (Å²) in [6.45, 7) is 0.190. The van der Waals surface area contributed by atoms with Crippen molar-refractivity contribution in [2.45, 2.75) is 24.8 Å². The maximum absolute atomic E-state index is 11.5. The topological polar surface area (TPSA) is 84.2 Å². The van der Waals surface area contributed by atoms with Crippen molar-refractivity contribution in [2.75, 3.05) is 6.54 Å². The van der Waals surface area contributed by atoms with E-state index < -0.39 is 11.6 Å². The zero-order valence-corrected chi connectivity index (χ0v) is 7.30. The molecule has 5 heteroatoms. The molecule has 1 saturated heterocycles. The van der Waals surface area contributed by atoms with Gasteiger partial charge in [-0.2, -0.15) is 0 Å². The molecular formula is C8H13N3O2. The number of rotatable bonds is 2. The Morgan fingerprint density at radius 2 is 2.15 bits per heavy atom. The van der Waals surface area contributed by atoms with Gasteiger partial charge in [-0.1, -0.05) is 6.42 Å². The predicted molar refractivity (Wildman–Crippen MR) is 45.8 cm³/mol. The van der Waals surface area contributed by atoms with Crippen molar-refractivity contribution in [1.82, 2.24) is 10.6 Å². The lowest BCUT2D eigenvalue weighted by molar-refractivity contribution is -0.126. The van der Waals surface area contributed by atoms with Gasteiger partial charge in [-0.25, -0.2) is 4.79 Å². The maximum atomic E-state index is 11.5. The number of carbonyl (C=O) groups is 2. The van der Waals surface area contributed by atoms with Crippen LogP contribution in [-0.2, 0) is 4.79 Å². The van der Waals surface area contributed by atoms with Gasteiger partial charge in [-0.05, 0) is 18.8 Å². The lowest BCUT2D eigenvalue weighted by atomic mass is 9.70. The molecule has 5 nitrogen and oxygen atoms in total. The van der Waals surface area contributed by atoms with E-state index in [-0.39, 0.29) is 18.4 Å². The summed E-state index contributed by atoms with van der Waals surface area (Å²) < 4.78 is 0. The van der Waals surface area contributed by atoms with Gasteiger partial charge in [0.1, 0.15) is 5.54 Å². The molecule has 0 aromatic heterocycles. The summed E-state index contributed by atoms with van der Waals surface area (Å²) >= 11 is 0. The summed E-state index contributed by atoms with van der Waals surface area (Å²) in [5.41, 5.74) is 4.75. The minimum atomic E-state index is -0.810. The summed E-state index contributed by atoms with van der Waals surface area (Å²) in [5.74, 6) is -0.0337. The minimum absolute atomic E-state index is 0.190. The fourth-order valence-electron chi connectivity index (χ4n) is 2.00. The van der Waals surface area contributed by atoms with Gasteiger partial charge in [0.05, 0.1) is 0 Å². The second-order valence-electron chi connectivity index (χ2n) is 3.71. The number of urea groups is 1. The van der Waals surface area contributed by atoms with Crippen LogP contribution in [-0.4, -0.2) is 24.0 Å². The molecule has 2 rings (SSSR count). The van der Waals surface area contributed by atoms with Crippen LogP contribution in [0.1, 0.15) is 19.3 Å². The van der Waals surface area contributed by atoms with E-state index >= 15 is 0 Å². The van der Waals surface area contributed by atoms with Crippen molar-refractivity contribution in [1.29, 1.82) is 0 Å². The molecule has 1 aliphatic carbocycles. The summed E-state index contributed by atoms with van der Waals surface area (Å²) in [5, 5.41) is 4.88. The molecule has 0 radical (unpaired) electrons. The largest absolute Gasteiger partial charge is 0.328 e. The molecule has 1 aliphatic heterocycles. The third kappa shape index (κ3) is 1.03. The number of amides is 3. The van der Waals surface area contributed by atoms with E-state index in [2.05, 4.69) is 10.6 Å². The molecule has 0 spiro atoms. The van der Waals surface area contributed by atoms with Crippen molar-refractivity contribution >= 4 is 11.9 Å². The average Bonchev–Trinajstić information content (AvgIpc) is 2.24. The quantitative estimate of drug-likeness (QED) is 0.496. The van der Waals surface area contributed by atoms with Crippen molar-refractivity contribution in [3.05, 3.63) is 0 Å². The molecule has 2 fully saturated rings. The van der Waals surface area contributed by atoms with E-state index in [0.717, 1.165) is 19.3 Å².